The Labute approximate surface area is 146 Å². The van der Waals surface area contributed by atoms with E-state index in [4.69, 9.17) is 0 Å². The van der Waals surface area contributed by atoms with Gasteiger partial charge in [0, 0.05) is 45.6 Å². The van der Waals surface area contributed by atoms with Crippen LogP contribution in [0.2, 0.25) is 0 Å². The van der Waals surface area contributed by atoms with Crippen molar-refractivity contribution in [2.45, 2.75) is 25.3 Å². The molecule has 1 aliphatic heterocycles. The Kier molecular flexibility index (Phi) is 8.36. The Balaban J connectivity index is 0.000000647. The van der Waals surface area contributed by atoms with E-state index in [1.54, 1.807) is 14.2 Å². The van der Waals surface area contributed by atoms with Crippen LogP contribution in [0.3, 0.4) is 0 Å². The molecule has 2 aromatic carbocycles. The summed E-state index contributed by atoms with van der Waals surface area (Å²) in [6.07, 6.45) is 3.64. The highest BCUT2D eigenvalue weighted by atomic mass is 16.4. The summed E-state index contributed by atoms with van der Waals surface area (Å²) in [5.74, 6) is 0. The van der Waals surface area contributed by atoms with Crippen LogP contribution in [0.4, 0.5) is 5.69 Å². The molecule has 1 heterocycles. The van der Waals surface area contributed by atoms with Gasteiger partial charge < -0.3 is 15.0 Å². The molecule has 0 aliphatic carbocycles. The van der Waals surface area contributed by atoms with E-state index >= 15 is 0 Å². The smallest absolute Gasteiger partial charge is 0.0351 e. The maximum atomic E-state index is 4.25. The molecule has 0 unspecified atom stereocenters. The second-order valence-electron chi connectivity index (χ2n) is 6.27. The molecular formula is C21H30N2O. The van der Waals surface area contributed by atoms with E-state index in [1.165, 1.54) is 43.7 Å². The van der Waals surface area contributed by atoms with E-state index in [1.807, 2.05) is 0 Å². The summed E-state index contributed by atoms with van der Waals surface area (Å²) >= 11 is 0. The van der Waals surface area contributed by atoms with Crippen molar-refractivity contribution in [1.29, 1.82) is 0 Å². The van der Waals surface area contributed by atoms with Crippen LogP contribution in [0.1, 0.15) is 18.4 Å². The van der Waals surface area contributed by atoms with Crippen molar-refractivity contribution < 1.29 is 4.74 Å². The SMILES string of the molecule is COC.c1ccc(CCN2CCC(Nc3ccccc3)CC2)cc1. The average Bonchev–Trinajstić information content (AvgIpc) is 2.64. The van der Waals surface area contributed by atoms with E-state index in [0.29, 0.717) is 6.04 Å². The lowest BCUT2D eigenvalue weighted by atomic mass is 10.0. The molecule has 24 heavy (non-hydrogen) atoms. The number of rotatable bonds is 5. The Bertz CT molecular complexity index is 536. The number of hydrogen-bond donors (Lipinski definition) is 1. The molecule has 1 N–H and O–H groups in total. The number of benzene rings is 2. The largest absolute Gasteiger partial charge is 0.388 e. The van der Waals surface area contributed by atoms with Crippen molar-refractivity contribution in [3.63, 3.8) is 0 Å². The average molecular weight is 326 g/mol. The number of nitrogens with zero attached hydrogens (tertiary/aromatic N) is 1. The predicted molar refractivity (Wildman–Crippen MR) is 103 cm³/mol. The normalized spacial score (nSPS) is 15.4. The standard InChI is InChI=1S/C19H24N2.C2H6O/c1-3-7-17(8-4-1)11-14-21-15-12-19(13-16-21)20-18-9-5-2-6-10-18;1-3-2/h1-10,19-20H,11-16H2;1-2H3. The van der Waals surface area contributed by atoms with Gasteiger partial charge in [-0.25, -0.2) is 0 Å². The summed E-state index contributed by atoms with van der Waals surface area (Å²) in [4.78, 5) is 2.59. The molecule has 3 heteroatoms. The van der Waals surface area contributed by atoms with Gasteiger partial charge in [0.2, 0.25) is 0 Å². The van der Waals surface area contributed by atoms with Gasteiger partial charge in [-0.15, -0.1) is 0 Å². The molecule has 0 bridgehead atoms. The molecule has 1 aliphatic rings. The van der Waals surface area contributed by atoms with E-state index in [-0.39, 0.29) is 0 Å². The molecule has 0 spiro atoms. The Morgan fingerprint density at radius 3 is 2.04 bits per heavy atom. The molecule has 0 aromatic heterocycles. The molecule has 2 aromatic rings. The number of likely N-dealkylation sites (tertiary alicyclic amines) is 1. The number of ether oxygens (including phenoxy) is 1. The zero-order chi connectivity index (χ0) is 17.0. The van der Waals surface area contributed by atoms with Crippen LogP contribution in [0.25, 0.3) is 0 Å². The summed E-state index contributed by atoms with van der Waals surface area (Å²) < 4.78 is 4.25. The number of methoxy groups -OCH3 is 1. The minimum absolute atomic E-state index is 0.625. The summed E-state index contributed by atoms with van der Waals surface area (Å²) in [5.41, 5.74) is 2.70. The van der Waals surface area contributed by atoms with Crippen molar-refractivity contribution in [2.24, 2.45) is 0 Å². The monoisotopic (exact) mass is 326 g/mol. The first-order valence-corrected chi connectivity index (χ1v) is 8.80. The van der Waals surface area contributed by atoms with Crippen LogP contribution in [-0.4, -0.2) is 44.8 Å². The molecule has 3 rings (SSSR count). The van der Waals surface area contributed by atoms with Crippen molar-refractivity contribution in [3.05, 3.63) is 66.2 Å². The molecule has 0 saturated carbocycles. The first kappa shape index (κ1) is 18.5. The molecule has 130 valence electrons. The van der Waals surface area contributed by atoms with Gasteiger partial charge in [0.15, 0.2) is 0 Å². The van der Waals surface area contributed by atoms with E-state index in [9.17, 15) is 0 Å². The highest BCUT2D eigenvalue weighted by molar-refractivity contribution is 5.43. The lowest BCUT2D eigenvalue weighted by Gasteiger charge is -2.32. The molecule has 1 saturated heterocycles. The highest BCUT2D eigenvalue weighted by Gasteiger charge is 2.18. The molecule has 0 amide bonds. The topological polar surface area (TPSA) is 24.5 Å². The van der Waals surface area contributed by atoms with E-state index < -0.39 is 0 Å². The first-order valence-electron chi connectivity index (χ1n) is 8.80. The summed E-state index contributed by atoms with van der Waals surface area (Å²) in [5, 5.41) is 3.65. The second-order valence-corrected chi connectivity index (χ2v) is 6.27. The Hall–Kier alpha value is -1.84. The van der Waals surface area contributed by atoms with Gasteiger partial charge in [-0.3, -0.25) is 0 Å². The number of nitrogens with one attached hydrogen (secondary N) is 1. The number of piperidine rings is 1. The van der Waals surface area contributed by atoms with Crippen LogP contribution in [0.5, 0.6) is 0 Å². The number of hydrogen-bond acceptors (Lipinski definition) is 3. The quantitative estimate of drug-likeness (QED) is 0.896. The fourth-order valence-corrected chi connectivity index (χ4v) is 3.00. The Morgan fingerprint density at radius 1 is 0.917 bits per heavy atom. The summed E-state index contributed by atoms with van der Waals surface area (Å²) in [7, 11) is 3.25. The van der Waals surface area contributed by atoms with Gasteiger partial charge >= 0.3 is 0 Å². The Morgan fingerprint density at radius 2 is 1.46 bits per heavy atom. The van der Waals surface area contributed by atoms with Crippen molar-refractivity contribution in [1.82, 2.24) is 4.90 Å². The second kappa shape index (κ2) is 10.8. The van der Waals surface area contributed by atoms with Gasteiger partial charge in [-0.2, -0.15) is 0 Å². The van der Waals surface area contributed by atoms with Gasteiger partial charge in [-0.05, 0) is 37.0 Å². The van der Waals surface area contributed by atoms with Crippen LogP contribution < -0.4 is 5.32 Å². The lowest BCUT2D eigenvalue weighted by Crippen LogP contribution is -2.40. The third-order valence-electron chi connectivity index (χ3n) is 4.29. The fraction of sp³-hybridized carbons (Fsp3) is 0.429. The van der Waals surface area contributed by atoms with Crippen LogP contribution in [-0.2, 0) is 11.2 Å². The van der Waals surface area contributed by atoms with Crippen molar-refractivity contribution in [3.8, 4) is 0 Å². The molecule has 0 radical (unpaired) electrons. The van der Waals surface area contributed by atoms with E-state index in [2.05, 4.69) is 75.6 Å². The predicted octanol–water partition coefficient (Wildman–Crippen LogP) is 4.07. The first-order chi connectivity index (χ1) is 11.8. The van der Waals surface area contributed by atoms with Crippen LogP contribution in [0.15, 0.2) is 60.7 Å². The van der Waals surface area contributed by atoms with Crippen LogP contribution in [0, 0.1) is 0 Å². The lowest BCUT2D eigenvalue weighted by molar-refractivity contribution is 0.221. The molecule has 0 atom stereocenters. The van der Waals surface area contributed by atoms with Crippen LogP contribution >= 0.6 is 0 Å². The van der Waals surface area contributed by atoms with E-state index in [0.717, 1.165) is 6.42 Å². The van der Waals surface area contributed by atoms with Gasteiger partial charge in [0.25, 0.3) is 0 Å². The minimum Gasteiger partial charge on any atom is -0.388 e. The maximum absolute atomic E-state index is 4.25. The number of anilines is 1. The fourth-order valence-electron chi connectivity index (χ4n) is 3.00. The summed E-state index contributed by atoms with van der Waals surface area (Å²) in [6, 6.07) is 22.0. The minimum atomic E-state index is 0.625. The zero-order valence-corrected chi connectivity index (χ0v) is 14.9. The van der Waals surface area contributed by atoms with Crippen molar-refractivity contribution in [2.75, 3.05) is 39.2 Å². The third-order valence-corrected chi connectivity index (χ3v) is 4.29. The third kappa shape index (κ3) is 6.73. The molecule has 1 fully saturated rings. The number of para-hydroxylation sites is 1. The van der Waals surface area contributed by atoms with Crippen molar-refractivity contribution >= 4 is 5.69 Å². The summed E-state index contributed by atoms with van der Waals surface area (Å²) in [6.45, 7) is 3.59. The molecular weight excluding hydrogens is 296 g/mol. The van der Waals surface area contributed by atoms with Gasteiger partial charge in [0.05, 0.1) is 0 Å². The molecule has 3 nitrogen and oxygen atoms in total. The van der Waals surface area contributed by atoms with Gasteiger partial charge in [0.1, 0.15) is 0 Å². The van der Waals surface area contributed by atoms with Gasteiger partial charge in [-0.1, -0.05) is 48.5 Å². The highest BCUT2D eigenvalue weighted by Crippen LogP contribution is 2.16. The maximum Gasteiger partial charge on any atom is 0.0351 e. The zero-order valence-electron chi connectivity index (χ0n) is 14.9.